The number of nitrogens with zero attached hydrogens (tertiary/aromatic N) is 1. The molecule has 0 radical (unpaired) electrons. The predicted octanol–water partition coefficient (Wildman–Crippen LogP) is 7.66. The summed E-state index contributed by atoms with van der Waals surface area (Å²) in [6.45, 7) is 4.11. The molecule has 0 spiro atoms. The normalized spacial score (nSPS) is 14.1. The molecular formula is C33H64NO8P. The van der Waals surface area contributed by atoms with E-state index >= 15 is 0 Å². The van der Waals surface area contributed by atoms with Crippen molar-refractivity contribution in [3.63, 3.8) is 0 Å². The van der Waals surface area contributed by atoms with Crippen molar-refractivity contribution in [3.8, 4) is 0 Å². The average Bonchev–Trinajstić information content (AvgIpc) is 2.93. The van der Waals surface area contributed by atoms with Crippen LogP contribution in [0.25, 0.3) is 0 Å². The van der Waals surface area contributed by atoms with Gasteiger partial charge in [-0.05, 0) is 38.5 Å². The molecule has 9 nitrogen and oxygen atoms in total. The maximum absolute atomic E-state index is 12.5. The maximum atomic E-state index is 12.5. The van der Waals surface area contributed by atoms with Crippen LogP contribution >= 0.6 is 7.82 Å². The first-order valence-corrected chi connectivity index (χ1v) is 18.4. The average molecular weight is 634 g/mol. The van der Waals surface area contributed by atoms with Gasteiger partial charge < -0.3 is 27.9 Å². The summed E-state index contributed by atoms with van der Waals surface area (Å²) in [5.41, 5.74) is 0. The monoisotopic (exact) mass is 633 g/mol. The summed E-state index contributed by atoms with van der Waals surface area (Å²) in [6.07, 6.45) is 22.6. The van der Waals surface area contributed by atoms with Gasteiger partial charge in [-0.1, -0.05) is 96.6 Å². The lowest BCUT2D eigenvalue weighted by atomic mass is 10.1. The van der Waals surface area contributed by atoms with Crippen LogP contribution in [0.5, 0.6) is 0 Å². The van der Waals surface area contributed by atoms with E-state index < -0.39 is 32.5 Å². The molecule has 0 aliphatic carbocycles. The van der Waals surface area contributed by atoms with E-state index in [4.69, 9.17) is 18.5 Å². The molecule has 0 amide bonds. The molecule has 0 aromatic heterocycles. The van der Waals surface area contributed by atoms with E-state index in [2.05, 4.69) is 26.0 Å². The summed E-state index contributed by atoms with van der Waals surface area (Å²) in [4.78, 5) is 37.0. The lowest BCUT2D eigenvalue weighted by molar-refractivity contribution is -0.870. The van der Waals surface area contributed by atoms with Crippen molar-refractivity contribution in [1.82, 2.24) is 0 Å². The molecule has 2 atom stereocenters. The highest BCUT2D eigenvalue weighted by Crippen LogP contribution is 2.38. The van der Waals surface area contributed by atoms with Gasteiger partial charge in [-0.2, -0.15) is 0 Å². The van der Waals surface area contributed by atoms with E-state index in [0.29, 0.717) is 17.4 Å². The molecule has 0 bridgehead atoms. The third-order valence-corrected chi connectivity index (χ3v) is 8.00. The maximum Gasteiger partial charge on any atom is 0.306 e. The largest absolute Gasteiger partial charge is 0.756 e. The fraction of sp³-hybridized carbons (Fsp3) is 0.879. The minimum atomic E-state index is -4.60. The van der Waals surface area contributed by atoms with E-state index in [0.717, 1.165) is 57.8 Å². The number of carbonyl (C=O) groups excluding carboxylic acids is 2. The number of esters is 2. The van der Waals surface area contributed by atoms with Crippen LogP contribution in [0.4, 0.5) is 0 Å². The molecule has 0 saturated carbocycles. The summed E-state index contributed by atoms with van der Waals surface area (Å²) in [7, 11) is 1.16. The number of unbranched alkanes of at least 4 members (excludes halogenated alkanes) is 14. The van der Waals surface area contributed by atoms with Gasteiger partial charge in [-0.25, -0.2) is 0 Å². The van der Waals surface area contributed by atoms with E-state index in [9.17, 15) is 19.0 Å². The van der Waals surface area contributed by atoms with Crippen LogP contribution in [0.3, 0.4) is 0 Å². The van der Waals surface area contributed by atoms with Gasteiger partial charge in [0.15, 0.2) is 6.10 Å². The summed E-state index contributed by atoms with van der Waals surface area (Å²) in [5, 5.41) is 0. The minimum Gasteiger partial charge on any atom is -0.756 e. The first-order valence-electron chi connectivity index (χ1n) is 16.9. The van der Waals surface area contributed by atoms with E-state index in [1.807, 2.05) is 21.1 Å². The molecular weight excluding hydrogens is 569 g/mol. The van der Waals surface area contributed by atoms with Gasteiger partial charge in [0, 0.05) is 12.8 Å². The van der Waals surface area contributed by atoms with Crippen molar-refractivity contribution in [2.45, 2.75) is 142 Å². The Kier molecular flexibility index (Phi) is 26.3. The molecule has 2 unspecified atom stereocenters. The predicted molar refractivity (Wildman–Crippen MR) is 171 cm³/mol. The third-order valence-electron chi connectivity index (χ3n) is 7.04. The Morgan fingerprint density at radius 2 is 1.19 bits per heavy atom. The van der Waals surface area contributed by atoms with Crippen LogP contribution in [-0.4, -0.2) is 70.0 Å². The van der Waals surface area contributed by atoms with Crippen LogP contribution < -0.4 is 4.89 Å². The molecule has 0 fully saturated rings. The number of ether oxygens (including phenoxy) is 2. The number of allylic oxidation sites excluding steroid dienone is 2. The second kappa shape index (κ2) is 27.1. The zero-order valence-electron chi connectivity index (χ0n) is 28.2. The fourth-order valence-corrected chi connectivity index (χ4v) is 5.02. The van der Waals surface area contributed by atoms with Gasteiger partial charge in [-0.3, -0.25) is 14.2 Å². The van der Waals surface area contributed by atoms with Crippen molar-refractivity contribution in [2.24, 2.45) is 0 Å². The summed E-state index contributed by atoms with van der Waals surface area (Å²) < 4.78 is 33.5. The molecule has 10 heteroatoms. The third kappa shape index (κ3) is 30.6. The van der Waals surface area contributed by atoms with Crippen molar-refractivity contribution >= 4 is 19.8 Å². The van der Waals surface area contributed by atoms with E-state index in [1.165, 1.54) is 44.9 Å². The Bertz CT molecular complexity index is 768. The zero-order chi connectivity index (χ0) is 32.2. The van der Waals surface area contributed by atoms with Crippen LogP contribution in [0.15, 0.2) is 12.2 Å². The highest BCUT2D eigenvalue weighted by Gasteiger charge is 2.21. The molecule has 0 aromatic rings. The van der Waals surface area contributed by atoms with Crippen molar-refractivity contribution in [3.05, 3.63) is 12.2 Å². The van der Waals surface area contributed by atoms with Crippen LogP contribution in [0.1, 0.15) is 136 Å². The quantitative estimate of drug-likeness (QED) is 0.0261. The van der Waals surface area contributed by atoms with Crippen molar-refractivity contribution < 1.29 is 42.1 Å². The number of phosphoric acid groups is 1. The number of rotatable bonds is 30. The minimum absolute atomic E-state index is 0.0303. The van der Waals surface area contributed by atoms with Gasteiger partial charge in [0.05, 0.1) is 27.7 Å². The van der Waals surface area contributed by atoms with Crippen LogP contribution in [0, 0.1) is 0 Å². The Morgan fingerprint density at radius 3 is 1.77 bits per heavy atom. The van der Waals surface area contributed by atoms with Gasteiger partial charge in [0.2, 0.25) is 0 Å². The smallest absolute Gasteiger partial charge is 0.306 e. The molecule has 0 rings (SSSR count). The topological polar surface area (TPSA) is 111 Å². The number of hydrogen-bond acceptors (Lipinski definition) is 8. The summed E-state index contributed by atoms with van der Waals surface area (Å²) >= 11 is 0. The van der Waals surface area contributed by atoms with E-state index in [-0.39, 0.29) is 26.1 Å². The lowest BCUT2D eigenvalue weighted by Crippen LogP contribution is -2.37. The Labute approximate surface area is 263 Å². The van der Waals surface area contributed by atoms with Crippen LogP contribution in [-0.2, 0) is 32.7 Å². The zero-order valence-corrected chi connectivity index (χ0v) is 29.1. The van der Waals surface area contributed by atoms with Gasteiger partial charge >= 0.3 is 11.9 Å². The number of carbonyl (C=O) groups is 2. The summed E-state index contributed by atoms with van der Waals surface area (Å²) in [5.74, 6) is -0.853. The molecule has 0 heterocycles. The molecule has 0 N–H and O–H groups in total. The molecule has 254 valence electrons. The fourth-order valence-electron chi connectivity index (χ4n) is 4.29. The number of likely N-dealkylation sites (N-methyl/N-ethyl adjacent to an activating group) is 1. The first kappa shape index (κ1) is 41.8. The number of hydrogen-bond donors (Lipinski definition) is 0. The summed E-state index contributed by atoms with van der Waals surface area (Å²) in [6, 6.07) is 0. The highest BCUT2D eigenvalue weighted by atomic mass is 31.2. The second-order valence-electron chi connectivity index (χ2n) is 12.5. The molecule has 0 saturated heterocycles. The molecule has 43 heavy (non-hydrogen) atoms. The SMILES string of the molecule is CCCCC/C=C\CCCCCCCC(=O)OC(COC(=O)CCCCCCCCC)COP(=O)([O-])OCC[N+](C)(C)C. The number of quaternary nitrogens is 1. The Morgan fingerprint density at radius 1 is 0.698 bits per heavy atom. The first-order chi connectivity index (χ1) is 20.5. The number of phosphoric ester groups is 1. The molecule has 0 aromatic carbocycles. The molecule has 0 aliphatic heterocycles. The van der Waals surface area contributed by atoms with Gasteiger partial charge in [0.25, 0.3) is 7.82 Å². The van der Waals surface area contributed by atoms with Gasteiger partial charge in [0.1, 0.15) is 19.8 Å². The highest BCUT2D eigenvalue weighted by molar-refractivity contribution is 7.45. The Hall–Kier alpha value is -1.25. The molecule has 0 aliphatic rings. The lowest BCUT2D eigenvalue weighted by Gasteiger charge is -2.28. The van der Waals surface area contributed by atoms with Gasteiger partial charge in [-0.15, -0.1) is 0 Å². The standard InChI is InChI=1S/C33H64NO8P/c1-6-8-10-12-14-15-16-17-18-20-22-24-26-33(36)42-31(30-41-43(37,38)40-28-27-34(3,4)5)29-39-32(35)25-23-21-19-13-11-9-7-2/h14-15,31H,6-13,16-30H2,1-5H3/b15-14-. The van der Waals surface area contributed by atoms with Crippen molar-refractivity contribution in [1.29, 1.82) is 0 Å². The van der Waals surface area contributed by atoms with Crippen LogP contribution in [0.2, 0.25) is 0 Å². The van der Waals surface area contributed by atoms with E-state index in [1.54, 1.807) is 0 Å². The Balaban J connectivity index is 4.50. The van der Waals surface area contributed by atoms with Crippen molar-refractivity contribution in [2.75, 3.05) is 47.5 Å². The second-order valence-corrected chi connectivity index (χ2v) is 13.9.